The molecule has 4 bridgehead atoms. The molecule has 0 radical (unpaired) electrons. The summed E-state index contributed by atoms with van der Waals surface area (Å²) in [5.74, 6) is 3.18. The topological polar surface area (TPSA) is 110 Å². The lowest BCUT2D eigenvalue weighted by molar-refractivity contribution is -0.136. The minimum Gasteiger partial charge on any atom is -0.390 e. The summed E-state index contributed by atoms with van der Waals surface area (Å²) >= 11 is 0. The highest BCUT2D eigenvalue weighted by Crippen LogP contribution is 2.55. The van der Waals surface area contributed by atoms with Crippen molar-refractivity contribution in [2.24, 2.45) is 24.8 Å². The number of carbonyl (C=O) groups is 1. The van der Waals surface area contributed by atoms with Gasteiger partial charge in [0.2, 0.25) is 0 Å². The number of amides is 1. The van der Waals surface area contributed by atoms with E-state index < -0.39 is 5.60 Å². The number of carbonyl (C=O) groups excluding carboxylic acids is 1. The summed E-state index contributed by atoms with van der Waals surface area (Å²) in [6.07, 6.45) is 8.39. The zero-order valence-electron chi connectivity index (χ0n) is 22.0. The molecule has 4 aliphatic carbocycles. The molecule has 37 heavy (non-hydrogen) atoms. The van der Waals surface area contributed by atoms with E-state index in [2.05, 4.69) is 38.3 Å². The summed E-state index contributed by atoms with van der Waals surface area (Å²) in [5, 5.41) is 27.9. The molecule has 0 aromatic carbocycles. The molecule has 2 N–H and O–H groups in total. The highest BCUT2D eigenvalue weighted by Gasteiger charge is 2.55. The standard InChI is InChI=1S/C28H37N7O2/c1-17-24(26(36)31-25-20-10-19-11-21(25)14-28(37,12-19)13-20)32-34(3)27(17)33(2)22-6-8-35(9-7-22)23-5-4-18(15-29)16-30-23/h4-5,16,19-22,25,37H,6-14H2,1-3H3,(H,31,36). The van der Waals surface area contributed by atoms with Crippen LogP contribution in [0.25, 0.3) is 0 Å². The third-order valence-electron chi connectivity index (χ3n) is 9.55. The molecule has 2 aromatic heterocycles. The molecule has 5 aliphatic rings. The lowest BCUT2D eigenvalue weighted by Gasteiger charge is -2.58. The van der Waals surface area contributed by atoms with Crippen LogP contribution in [-0.4, -0.2) is 63.6 Å². The molecule has 2 unspecified atom stereocenters. The maximum absolute atomic E-state index is 13.4. The van der Waals surface area contributed by atoms with Gasteiger partial charge in [0, 0.05) is 51.0 Å². The normalized spacial score (nSPS) is 30.8. The van der Waals surface area contributed by atoms with E-state index in [-0.39, 0.29) is 11.9 Å². The maximum atomic E-state index is 13.4. The van der Waals surface area contributed by atoms with Gasteiger partial charge in [-0.15, -0.1) is 0 Å². The van der Waals surface area contributed by atoms with Crippen molar-refractivity contribution in [1.29, 1.82) is 5.26 Å². The number of rotatable bonds is 5. The number of piperidine rings is 1. The minimum atomic E-state index is -0.500. The Morgan fingerprint density at radius 2 is 1.92 bits per heavy atom. The van der Waals surface area contributed by atoms with Gasteiger partial charge in [-0.25, -0.2) is 4.98 Å². The number of hydrogen-bond donors (Lipinski definition) is 2. The summed E-state index contributed by atoms with van der Waals surface area (Å²) in [6.45, 7) is 3.77. The largest absolute Gasteiger partial charge is 0.390 e. The maximum Gasteiger partial charge on any atom is 0.272 e. The van der Waals surface area contributed by atoms with Crippen LogP contribution in [0.2, 0.25) is 0 Å². The number of aromatic nitrogens is 3. The molecule has 196 valence electrons. The van der Waals surface area contributed by atoms with Gasteiger partial charge in [0.05, 0.1) is 11.2 Å². The predicted octanol–water partition coefficient (Wildman–Crippen LogP) is 2.77. The number of aryl methyl sites for hydroxylation is 1. The Bertz CT molecular complexity index is 1210. The van der Waals surface area contributed by atoms with Crippen LogP contribution in [0.5, 0.6) is 0 Å². The van der Waals surface area contributed by atoms with Crippen LogP contribution in [0.4, 0.5) is 11.6 Å². The van der Waals surface area contributed by atoms with Crippen LogP contribution in [0.15, 0.2) is 18.3 Å². The van der Waals surface area contributed by atoms with Crippen molar-refractivity contribution in [3.63, 3.8) is 0 Å². The van der Waals surface area contributed by atoms with Crippen molar-refractivity contribution >= 4 is 17.5 Å². The van der Waals surface area contributed by atoms with Crippen molar-refractivity contribution in [2.75, 3.05) is 29.9 Å². The Morgan fingerprint density at radius 3 is 2.51 bits per heavy atom. The van der Waals surface area contributed by atoms with Gasteiger partial charge in [-0.1, -0.05) is 0 Å². The fraction of sp³-hybridized carbons (Fsp3) is 0.643. The van der Waals surface area contributed by atoms with E-state index in [1.165, 1.54) is 0 Å². The van der Waals surface area contributed by atoms with Crippen molar-refractivity contribution in [3.05, 3.63) is 35.2 Å². The van der Waals surface area contributed by atoms with E-state index >= 15 is 0 Å². The summed E-state index contributed by atoms with van der Waals surface area (Å²) in [5.41, 5.74) is 1.50. The lowest BCUT2D eigenvalue weighted by Crippen LogP contribution is -2.61. The average Bonchev–Trinajstić information content (AvgIpc) is 3.18. The smallest absolute Gasteiger partial charge is 0.272 e. The second-order valence-corrected chi connectivity index (χ2v) is 12.0. The van der Waals surface area contributed by atoms with E-state index in [0.29, 0.717) is 35.1 Å². The molecule has 4 saturated carbocycles. The molecular weight excluding hydrogens is 466 g/mol. The van der Waals surface area contributed by atoms with Crippen LogP contribution in [0, 0.1) is 36.0 Å². The second-order valence-electron chi connectivity index (χ2n) is 12.0. The Labute approximate surface area is 218 Å². The number of nitrogens with zero attached hydrogens (tertiary/aromatic N) is 6. The van der Waals surface area contributed by atoms with Crippen LogP contribution in [-0.2, 0) is 7.05 Å². The molecule has 2 aromatic rings. The quantitative estimate of drug-likeness (QED) is 0.646. The number of nitrogens with one attached hydrogen (secondary N) is 1. The predicted molar refractivity (Wildman–Crippen MR) is 140 cm³/mol. The highest BCUT2D eigenvalue weighted by molar-refractivity contribution is 5.95. The van der Waals surface area contributed by atoms with Gasteiger partial charge in [0.15, 0.2) is 5.69 Å². The van der Waals surface area contributed by atoms with Gasteiger partial charge < -0.3 is 20.2 Å². The molecule has 3 heterocycles. The number of hydrogen-bond acceptors (Lipinski definition) is 7. The van der Waals surface area contributed by atoms with Crippen molar-refractivity contribution < 1.29 is 9.90 Å². The zero-order chi connectivity index (χ0) is 25.9. The second kappa shape index (κ2) is 9.02. The minimum absolute atomic E-state index is 0.0843. The monoisotopic (exact) mass is 503 g/mol. The number of aliphatic hydroxyl groups is 1. The first-order valence-electron chi connectivity index (χ1n) is 13.7. The van der Waals surface area contributed by atoms with E-state index in [4.69, 9.17) is 5.26 Å². The third-order valence-corrected chi connectivity index (χ3v) is 9.55. The summed E-state index contributed by atoms with van der Waals surface area (Å²) in [4.78, 5) is 22.4. The lowest BCUT2D eigenvalue weighted by atomic mass is 9.52. The number of pyridine rings is 1. The molecule has 1 amide bonds. The van der Waals surface area contributed by atoms with Crippen molar-refractivity contribution in [2.45, 2.75) is 69.6 Å². The first kappa shape index (κ1) is 24.2. The van der Waals surface area contributed by atoms with Gasteiger partial charge in [0.1, 0.15) is 17.7 Å². The van der Waals surface area contributed by atoms with Crippen molar-refractivity contribution in [3.8, 4) is 6.07 Å². The Hall–Kier alpha value is -3.12. The Kier molecular flexibility index (Phi) is 5.90. The van der Waals surface area contributed by atoms with Crippen LogP contribution in [0.3, 0.4) is 0 Å². The highest BCUT2D eigenvalue weighted by atomic mass is 16.3. The molecule has 9 heteroatoms. The zero-order valence-corrected chi connectivity index (χ0v) is 22.0. The molecule has 2 atom stereocenters. The van der Waals surface area contributed by atoms with E-state index in [9.17, 15) is 9.90 Å². The molecule has 1 aliphatic heterocycles. The number of nitriles is 1. The van der Waals surface area contributed by atoms with Gasteiger partial charge in [-0.3, -0.25) is 9.48 Å². The molecular formula is C28H37N7O2. The fourth-order valence-electron chi connectivity index (χ4n) is 8.06. The summed E-state index contributed by atoms with van der Waals surface area (Å²) in [7, 11) is 4.02. The summed E-state index contributed by atoms with van der Waals surface area (Å²) in [6, 6.07) is 6.34. The average molecular weight is 504 g/mol. The Morgan fingerprint density at radius 1 is 1.22 bits per heavy atom. The number of anilines is 2. The van der Waals surface area contributed by atoms with E-state index in [1.54, 1.807) is 6.20 Å². The van der Waals surface area contributed by atoms with Gasteiger partial charge >= 0.3 is 0 Å². The molecule has 1 saturated heterocycles. The molecule has 0 spiro atoms. The molecule has 5 fully saturated rings. The van der Waals surface area contributed by atoms with Crippen molar-refractivity contribution in [1.82, 2.24) is 20.1 Å². The van der Waals surface area contributed by atoms with E-state index in [0.717, 1.165) is 75.2 Å². The van der Waals surface area contributed by atoms with E-state index in [1.807, 2.05) is 30.8 Å². The van der Waals surface area contributed by atoms with Gasteiger partial charge in [0.25, 0.3) is 5.91 Å². The third kappa shape index (κ3) is 4.25. The molecule has 7 rings (SSSR count). The van der Waals surface area contributed by atoms with Crippen LogP contribution < -0.4 is 15.1 Å². The summed E-state index contributed by atoms with van der Waals surface area (Å²) < 4.78 is 1.85. The first-order valence-corrected chi connectivity index (χ1v) is 13.7. The fourth-order valence-corrected chi connectivity index (χ4v) is 8.06. The van der Waals surface area contributed by atoms with Crippen LogP contribution >= 0.6 is 0 Å². The van der Waals surface area contributed by atoms with Gasteiger partial charge in [-0.2, -0.15) is 10.4 Å². The SMILES string of the molecule is Cc1c(C(=O)NC2C3CC4CC2CC(O)(C4)C3)nn(C)c1N(C)C1CCN(c2ccc(C#N)cn2)CC1. The van der Waals surface area contributed by atoms with Crippen LogP contribution in [0.1, 0.15) is 66.6 Å². The molecule has 9 nitrogen and oxygen atoms in total. The Balaban J connectivity index is 1.12. The first-order chi connectivity index (χ1) is 17.7. The van der Waals surface area contributed by atoms with Gasteiger partial charge in [-0.05, 0) is 81.8 Å².